The Labute approximate surface area is 196 Å². The zero-order chi connectivity index (χ0) is 24.1. The van der Waals surface area contributed by atoms with Crippen molar-refractivity contribution in [3.8, 4) is 10.4 Å². The molecule has 8 nitrogen and oxygen atoms in total. The van der Waals surface area contributed by atoms with E-state index in [1.165, 1.54) is 22.1 Å². The molecule has 2 aliphatic carbocycles. The third-order valence-corrected chi connectivity index (χ3v) is 7.62. The van der Waals surface area contributed by atoms with Crippen molar-refractivity contribution in [2.45, 2.75) is 51.1 Å². The molecule has 2 heterocycles. The molecule has 0 saturated heterocycles. The first-order chi connectivity index (χ1) is 16.4. The average molecular weight is 486 g/mol. The van der Waals surface area contributed by atoms with Crippen molar-refractivity contribution in [2.75, 3.05) is 12.3 Å². The lowest BCUT2D eigenvalue weighted by atomic mass is 9.94. The molecule has 5 rings (SSSR count). The number of nitrogens with zero attached hydrogens (tertiary/aromatic N) is 4. The van der Waals surface area contributed by atoms with E-state index in [1.807, 2.05) is 0 Å². The molecule has 1 atom stereocenters. The Bertz CT molecular complexity index is 1450. The van der Waals surface area contributed by atoms with Crippen LogP contribution in [0, 0.1) is 11.6 Å². The van der Waals surface area contributed by atoms with Crippen molar-refractivity contribution in [3.05, 3.63) is 60.6 Å². The number of benzene rings is 1. The number of esters is 1. The highest BCUT2D eigenvalue weighted by Crippen LogP contribution is 2.46. The molecular formula is C23H21F2N5O3S. The van der Waals surface area contributed by atoms with Gasteiger partial charge in [-0.25, -0.2) is 13.6 Å². The van der Waals surface area contributed by atoms with Crippen LogP contribution >= 0.6 is 11.3 Å². The summed E-state index contributed by atoms with van der Waals surface area (Å²) in [6.45, 7) is 1.65. The van der Waals surface area contributed by atoms with E-state index in [-0.39, 0.29) is 40.7 Å². The molecule has 3 aromatic rings. The second-order valence-corrected chi connectivity index (χ2v) is 9.57. The first-order valence-corrected chi connectivity index (χ1v) is 11.9. The van der Waals surface area contributed by atoms with Gasteiger partial charge in [0.05, 0.1) is 34.8 Å². The number of hydrogen-bond donors (Lipinski definition) is 1. The number of rotatable bonds is 5. The number of carbonyl (C=O) groups is 1. The van der Waals surface area contributed by atoms with Crippen LogP contribution in [0.15, 0.2) is 22.2 Å². The average Bonchev–Trinajstić information content (AvgIpc) is 3.56. The van der Waals surface area contributed by atoms with Gasteiger partial charge < -0.3 is 15.0 Å². The largest absolute Gasteiger partial charge is 0.462 e. The summed E-state index contributed by atoms with van der Waals surface area (Å²) in [5.74, 6) is -2.81. The topological polar surface area (TPSA) is 123 Å². The number of pyridine rings is 1. The SMILES string of the molecule is CCOC(=O)c1cn(C2CC2)c2c(F)c(-c3cc4c(s3)C(N=[N+]=[N-])CCC4)c(F)c(N)c2c1=O. The molecule has 11 heteroatoms. The highest BCUT2D eigenvalue weighted by molar-refractivity contribution is 7.15. The normalized spacial score (nSPS) is 17.3. The van der Waals surface area contributed by atoms with Gasteiger partial charge >= 0.3 is 5.97 Å². The second kappa shape index (κ2) is 8.41. The molecule has 2 aliphatic rings. The minimum Gasteiger partial charge on any atom is -0.462 e. The number of aromatic nitrogens is 1. The smallest absolute Gasteiger partial charge is 0.343 e. The fraction of sp³-hybridized carbons (Fsp3) is 0.391. The van der Waals surface area contributed by atoms with Gasteiger partial charge in [-0.2, -0.15) is 0 Å². The van der Waals surface area contributed by atoms with E-state index in [2.05, 4.69) is 10.0 Å². The maximum absolute atomic E-state index is 16.1. The molecule has 34 heavy (non-hydrogen) atoms. The van der Waals surface area contributed by atoms with Crippen molar-refractivity contribution in [1.29, 1.82) is 0 Å². The molecule has 0 aliphatic heterocycles. The molecule has 2 aromatic heterocycles. The van der Waals surface area contributed by atoms with E-state index in [0.29, 0.717) is 17.7 Å². The van der Waals surface area contributed by atoms with E-state index in [4.69, 9.17) is 16.0 Å². The minimum absolute atomic E-state index is 0.0523. The third kappa shape index (κ3) is 3.43. The molecular weight excluding hydrogens is 464 g/mol. The van der Waals surface area contributed by atoms with Crippen molar-refractivity contribution in [3.63, 3.8) is 0 Å². The van der Waals surface area contributed by atoms with Gasteiger partial charge in [0.25, 0.3) is 0 Å². The first-order valence-electron chi connectivity index (χ1n) is 11.1. The van der Waals surface area contributed by atoms with Gasteiger partial charge in [0.1, 0.15) is 5.56 Å². The summed E-state index contributed by atoms with van der Waals surface area (Å²) in [6.07, 6.45) is 4.93. The fourth-order valence-electron chi connectivity index (χ4n) is 4.61. The van der Waals surface area contributed by atoms with Gasteiger partial charge in [0.15, 0.2) is 11.6 Å². The molecule has 1 fully saturated rings. The zero-order valence-corrected chi connectivity index (χ0v) is 19.1. The quantitative estimate of drug-likeness (QED) is 0.161. The highest BCUT2D eigenvalue weighted by atomic mass is 32.1. The van der Waals surface area contributed by atoms with Crippen molar-refractivity contribution >= 4 is 33.9 Å². The lowest BCUT2D eigenvalue weighted by molar-refractivity contribution is 0.0524. The standard InChI is InChI=1S/C23H21F2N5O3S/c1-2-33-23(32)12-9-30(11-6-7-11)20-16(21(12)31)19(26)17(24)15(18(20)25)14-8-10-4-3-5-13(28-29-27)22(10)34-14/h8-9,11,13H,2-7,26H2,1H3. The van der Waals surface area contributed by atoms with E-state index in [9.17, 15) is 9.59 Å². The Kier molecular flexibility index (Phi) is 5.53. The summed E-state index contributed by atoms with van der Waals surface area (Å²) in [4.78, 5) is 29.5. The number of fused-ring (bicyclic) bond motifs is 2. The summed E-state index contributed by atoms with van der Waals surface area (Å²) in [5.41, 5.74) is 13.8. The van der Waals surface area contributed by atoms with E-state index in [1.54, 1.807) is 13.0 Å². The van der Waals surface area contributed by atoms with Gasteiger partial charge in [-0.15, -0.1) is 11.3 Å². The Balaban J connectivity index is 1.79. The summed E-state index contributed by atoms with van der Waals surface area (Å²) >= 11 is 1.17. The van der Waals surface area contributed by atoms with E-state index < -0.39 is 28.7 Å². The molecule has 1 unspecified atom stereocenters. The summed E-state index contributed by atoms with van der Waals surface area (Å²) in [6, 6.07) is 1.20. The Morgan fingerprint density at radius 2 is 2.12 bits per heavy atom. The number of ether oxygens (including phenoxy) is 1. The summed E-state index contributed by atoms with van der Waals surface area (Å²) in [7, 11) is 0. The number of nitrogens with two attached hydrogens (primary N) is 1. The molecule has 0 bridgehead atoms. The van der Waals surface area contributed by atoms with E-state index >= 15 is 8.78 Å². The van der Waals surface area contributed by atoms with Gasteiger partial charge in [-0.1, -0.05) is 5.11 Å². The Hall–Kier alpha value is -3.43. The number of aryl methyl sites for hydroxylation is 1. The Morgan fingerprint density at radius 3 is 2.79 bits per heavy atom. The first kappa shape index (κ1) is 22.4. The Morgan fingerprint density at radius 1 is 1.35 bits per heavy atom. The number of hydrogen-bond acceptors (Lipinski definition) is 6. The zero-order valence-electron chi connectivity index (χ0n) is 18.3. The second-order valence-electron chi connectivity index (χ2n) is 8.48. The monoisotopic (exact) mass is 485 g/mol. The molecule has 1 aromatic carbocycles. The summed E-state index contributed by atoms with van der Waals surface area (Å²) in [5, 5.41) is 3.48. The minimum atomic E-state index is -1.05. The molecule has 0 radical (unpaired) electrons. The maximum atomic E-state index is 16.1. The molecule has 2 N–H and O–H groups in total. The molecule has 176 valence electrons. The maximum Gasteiger partial charge on any atom is 0.343 e. The lowest BCUT2D eigenvalue weighted by Crippen LogP contribution is -2.23. The number of nitrogen functional groups attached to an aromatic ring is 1. The van der Waals surface area contributed by atoms with Crippen LogP contribution in [0.3, 0.4) is 0 Å². The van der Waals surface area contributed by atoms with Crippen LogP contribution in [-0.4, -0.2) is 17.1 Å². The van der Waals surface area contributed by atoms with Crippen LogP contribution in [-0.2, 0) is 11.2 Å². The molecule has 0 amide bonds. The van der Waals surface area contributed by atoms with Crippen molar-refractivity contribution < 1.29 is 18.3 Å². The fourth-order valence-corrected chi connectivity index (χ4v) is 5.92. The number of azide groups is 1. The van der Waals surface area contributed by atoms with Crippen LogP contribution in [0.5, 0.6) is 0 Å². The van der Waals surface area contributed by atoms with Gasteiger partial charge in [0.2, 0.25) is 5.43 Å². The highest BCUT2D eigenvalue weighted by Gasteiger charge is 2.33. The number of carbonyl (C=O) groups excluding carboxylic acids is 1. The predicted octanol–water partition coefficient (Wildman–Crippen LogP) is 5.79. The van der Waals surface area contributed by atoms with Crippen LogP contribution in [0.4, 0.5) is 14.5 Å². The van der Waals surface area contributed by atoms with Gasteiger partial charge in [0, 0.05) is 26.9 Å². The van der Waals surface area contributed by atoms with Crippen LogP contribution in [0.2, 0.25) is 0 Å². The van der Waals surface area contributed by atoms with Crippen LogP contribution < -0.4 is 11.2 Å². The number of halogens is 2. The van der Waals surface area contributed by atoms with Crippen molar-refractivity contribution in [2.24, 2.45) is 5.11 Å². The summed E-state index contributed by atoms with van der Waals surface area (Å²) < 4.78 is 38.1. The van der Waals surface area contributed by atoms with Crippen LogP contribution in [0.1, 0.15) is 65.5 Å². The molecule has 0 spiro atoms. The number of anilines is 1. The van der Waals surface area contributed by atoms with Crippen molar-refractivity contribution in [1.82, 2.24) is 4.57 Å². The lowest BCUT2D eigenvalue weighted by Gasteiger charge is -2.17. The van der Waals surface area contributed by atoms with E-state index in [0.717, 1.165) is 29.7 Å². The molecule has 1 saturated carbocycles. The van der Waals surface area contributed by atoms with Gasteiger partial charge in [-0.3, -0.25) is 4.79 Å². The third-order valence-electron chi connectivity index (χ3n) is 6.33. The van der Waals surface area contributed by atoms with Gasteiger partial charge in [-0.05, 0) is 56.2 Å². The van der Waals surface area contributed by atoms with Crippen LogP contribution in [0.25, 0.3) is 31.8 Å². The number of thiophene rings is 1. The predicted molar refractivity (Wildman–Crippen MR) is 125 cm³/mol.